The number of benzene rings is 1. The van der Waals surface area contributed by atoms with Gasteiger partial charge in [0.2, 0.25) is 5.91 Å². The van der Waals surface area contributed by atoms with Gasteiger partial charge in [-0.1, -0.05) is 24.2 Å². The number of hydrogen-bond acceptors (Lipinski definition) is 7. The van der Waals surface area contributed by atoms with Crippen LogP contribution >= 0.6 is 11.8 Å². The van der Waals surface area contributed by atoms with Crippen LogP contribution in [0.3, 0.4) is 0 Å². The van der Waals surface area contributed by atoms with Gasteiger partial charge in [-0.25, -0.2) is 9.50 Å². The van der Waals surface area contributed by atoms with E-state index < -0.39 is 0 Å². The van der Waals surface area contributed by atoms with Crippen molar-refractivity contribution >= 4 is 23.3 Å². The minimum absolute atomic E-state index is 0.0342. The Labute approximate surface area is 198 Å². The summed E-state index contributed by atoms with van der Waals surface area (Å²) < 4.78 is 12.6. The first-order valence-electron chi connectivity index (χ1n) is 11.3. The molecule has 1 aliphatic heterocycles. The Bertz CT molecular complexity index is 1110. The fourth-order valence-electron chi connectivity index (χ4n) is 4.09. The van der Waals surface area contributed by atoms with Crippen molar-refractivity contribution in [3.8, 4) is 22.6 Å². The quantitative estimate of drug-likeness (QED) is 0.380. The molecular weight excluding hydrogens is 438 g/mol. The van der Waals surface area contributed by atoms with Crippen LogP contribution in [0, 0.1) is 6.92 Å². The minimum atomic E-state index is 0.0342. The van der Waals surface area contributed by atoms with Crippen LogP contribution in [-0.2, 0) is 4.79 Å². The maximum Gasteiger partial charge on any atom is 0.230 e. The second kappa shape index (κ2) is 10.9. The normalized spacial score (nSPS) is 14.4. The largest absolute Gasteiger partial charge is 0.493 e. The number of carbonyl (C=O) groups is 1. The van der Waals surface area contributed by atoms with Crippen LogP contribution in [0.15, 0.2) is 35.5 Å². The van der Waals surface area contributed by atoms with E-state index in [2.05, 4.69) is 15.3 Å². The molecule has 3 heterocycles. The predicted molar refractivity (Wildman–Crippen MR) is 130 cm³/mol. The second-order valence-corrected chi connectivity index (χ2v) is 9.14. The summed E-state index contributed by atoms with van der Waals surface area (Å²) in [6.45, 7) is 5.84. The van der Waals surface area contributed by atoms with Crippen LogP contribution in [0.25, 0.3) is 16.8 Å². The molecule has 1 N–H and O–H groups in total. The SMILES string of the molecule is COc1ccc(-c2cnn3c(SCC(=O)NCCN4CCCCC4)cc(C)nc23)cc1OC. The number of aromatic nitrogens is 3. The highest BCUT2D eigenvalue weighted by molar-refractivity contribution is 7.99. The van der Waals surface area contributed by atoms with E-state index in [4.69, 9.17) is 14.5 Å². The molecule has 8 nitrogen and oxygen atoms in total. The number of nitrogens with zero attached hydrogens (tertiary/aromatic N) is 4. The molecule has 1 amide bonds. The van der Waals surface area contributed by atoms with Gasteiger partial charge in [0.25, 0.3) is 0 Å². The number of ether oxygens (including phenoxy) is 2. The third kappa shape index (κ3) is 5.59. The molecule has 9 heteroatoms. The molecule has 0 saturated carbocycles. The standard InChI is InChI=1S/C24H31N5O3S/c1-17-13-23(33-16-22(30)25-9-12-28-10-5-4-6-11-28)29-24(27-17)19(15-26-29)18-7-8-20(31-2)21(14-18)32-3/h7-8,13-15H,4-6,9-12,16H2,1-3H3,(H,25,30). The zero-order valence-electron chi connectivity index (χ0n) is 19.5. The lowest BCUT2D eigenvalue weighted by Gasteiger charge is -2.26. The molecule has 3 aromatic rings. The molecule has 0 aliphatic carbocycles. The van der Waals surface area contributed by atoms with E-state index in [0.29, 0.717) is 23.8 Å². The van der Waals surface area contributed by atoms with Crippen molar-refractivity contribution < 1.29 is 14.3 Å². The summed E-state index contributed by atoms with van der Waals surface area (Å²) in [7, 11) is 3.23. The maximum atomic E-state index is 12.4. The number of piperidine rings is 1. The highest BCUT2D eigenvalue weighted by Crippen LogP contribution is 2.34. The Balaban J connectivity index is 1.44. The topological polar surface area (TPSA) is 81.0 Å². The molecule has 1 aromatic carbocycles. The highest BCUT2D eigenvalue weighted by Gasteiger charge is 2.16. The number of nitrogens with one attached hydrogen (secondary N) is 1. The van der Waals surface area contributed by atoms with E-state index in [1.807, 2.05) is 31.2 Å². The molecule has 1 aliphatic rings. The number of fused-ring (bicyclic) bond motifs is 1. The molecule has 0 radical (unpaired) electrons. The number of carbonyl (C=O) groups excluding carboxylic acids is 1. The second-order valence-electron chi connectivity index (χ2n) is 8.14. The lowest BCUT2D eigenvalue weighted by atomic mass is 10.1. The van der Waals surface area contributed by atoms with Gasteiger partial charge < -0.3 is 19.7 Å². The molecule has 0 unspecified atom stereocenters. The summed E-state index contributed by atoms with van der Waals surface area (Å²) in [5.74, 6) is 1.69. The smallest absolute Gasteiger partial charge is 0.230 e. The van der Waals surface area contributed by atoms with E-state index in [-0.39, 0.29) is 5.91 Å². The van der Waals surface area contributed by atoms with Gasteiger partial charge in [0.05, 0.1) is 26.2 Å². The van der Waals surface area contributed by atoms with Crippen molar-refractivity contribution in [3.05, 3.63) is 36.2 Å². The summed E-state index contributed by atoms with van der Waals surface area (Å²) in [6, 6.07) is 7.72. The number of thioether (sulfide) groups is 1. The average molecular weight is 470 g/mol. The average Bonchev–Trinajstić information content (AvgIpc) is 3.26. The Morgan fingerprint density at radius 2 is 1.91 bits per heavy atom. The molecule has 176 valence electrons. The Kier molecular flexibility index (Phi) is 7.72. The van der Waals surface area contributed by atoms with Gasteiger partial charge in [0.15, 0.2) is 17.1 Å². The molecule has 2 aromatic heterocycles. The van der Waals surface area contributed by atoms with Crippen LogP contribution in [0.2, 0.25) is 0 Å². The number of rotatable bonds is 9. The fraction of sp³-hybridized carbons (Fsp3) is 0.458. The van der Waals surface area contributed by atoms with E-state index in [1.54, 1.807) is 24.9 Å². The van der Waals surface area contributed by atoms with Gasteiger partial charge in [-0.3, -0.25) is 4.79 Å². The van der Waals surface area contributed by atoms with Crippen molar-refractivity contribution in [1.82, 2.24) is 24.8 Å². The zero-order valence-corrected chi connectivity index (χ0v) is 20.3. The van der Waals surface area contributed by atoms with Crippen molar-refractivity contribution in [2.24, 2.45) is 0 Å². The van der Waals surface area contributed by atoms with Crippen LogP contribution < -0.4 is 14.8 Å². The molecule has 0 spiro atoms. The lowest BCUT2D eigenvalue weighted by molar-refractivity contribution is -0.118. The summed E-state index contributed by atoms with van der Waals surface area (Å²) in [5, 5.41) is 8.49. The Morgan fingerprint density at radius 1 is 1.12 bits per heavy atom. The lowest BCUT2D eigenvalue weighted by Crippen LogP contribution is -2.38. The van der Waals surface area contributed by atoms with Crippen molar-refractivity contribution in [2.45, 2.75) is 31.2 Å². The third-order valence-corrected chi connectivity index (χ3v) is 6.80. The van der Waals surface area contributed by atoms with E-state index in [9.17, 15) is 4.79 Å². The number of aryl methyl sites for hydroxylation is 1. The predicted octanol–water partition coefficient (Wildman–Crippen LogP) is 3.42. The third-order valence-electron chi connectivity index (χ3n) is 5.81. The molecular formula is C24H31N5O3S. The number of hydrogen-bond donors (Lipinski definition) is 1. The summed E-state index contributed by atoms with van der Waals surface area (Å²) in [6.07, 6.45) is 5.64. The van der Waals surface area contributed by atoms with Gasteiger partial charge in [0.1, 0.15) is 5.03 Å². The summed E-state index contributed by atoms with van der Waals surface area (Å²) in [5.41, 5.74) is 3.45. The number of methoxy groups -OCH3 is 2. The van der Waals surface area contributed by atoms with Gasteiger partial charge in [0, 0.05) is 24.3 Å². The maximum absolute atomic E-state index is 12.4. The molecule has 0 bridgehead atoms. The van der Waals surface area contributed by atoms with Crippen molar-refractivity contribution in [1.29, 1.82) is 0 Å². The van der Waals surface area contributed by atoms with Crippen molar-refractivity contribution in [2.75, 3.05) is 46.2 Å². The van der Waals surface area contributed by atoms with Crippen LogP contribution in [0.5, 0.6) is 11.5 Å². The van der Waals surface area contributed by atoms with Crippen LogP contribution in [0.1, 0.15) is 25.0 Å². The first-order valence-corrected chi connectivity index (χ1v) is 12.3. The first kappa shape index (κ1) is 23.4. The molecule has 33 heavy (non-hydrogen) atoms. The molecule has 1 saturated heterocycles. The Morgan fingerprint density at radius 3 is 2.67 bits per heavy atom. The molecule has 0 atom stereocenters. The summed E-state index contributed by atoms with van der Waals surface area (Å²) >= 11 is 1.47. The van der Waals surface area contributed by atoms with E-state index in [1.165, 1.54) is 31.0 Å². The Hall–Kier alpha value is -2.78. The minimum Gasteiger partial charge on any atom is -0.493 e. The monoisotopic (exact) mass is 469 g/mol. The van der Waals surface area contributed by atoms with E-state index in [0.717, 1.165) is 47.1 Å². The molecule has 1 fully saturated rings. The van der Waals surface area contributed by atoms with Crippen LogP contribution in [0.4, 0.5) is 0 Å². The highest BCUT2D eigenvalue weighted by atomic mass is 32.2. The van der Waals surface area contributed by atoms with Gasteiger partial charge >= 0.3 is 0 Å². The number of likely N-dealkylation sites (tertiary alicyclic amines) is 1. The van der Waals surface area contributed by atoms with Gasteiger partial charge in [-0.2, -0.15) is 5.10 Å². The molecule has 4 rings (SSSR count). The van der Waals surface area contributed by atoms with Gasteiger partial charge in [-0.15, -0.1) is 0 Å². The number of amides is 1. The fourth-order valence-corrected chi connectivity index (χ4v) is 4.98. The zero-order chi connectivity index (χ0) is 23.2. The first-order chi connectivity index (χ1) is 16.1. The van der Waals surface area contributed by atoms with Crippen LogP contribution in [-0.4, -0.2) is 71.6 Å². The van der Waals surface area contributed by atoms with E-state index >= 15 is 0 Å². The summed E-state index contributed by atoms with van der Waals surface area (Å²) in [4.78, 5) is 19.5. The van der Waals surface area contributed by atoms with Crippen molar-refractivity contribution in [3.63, 3.8) is 0 Å². The van der Waals surface area contributed by atoms with Gasteiger partial charge in [-0.05, 0) is 56.6 Å².